The first-order valence-electron chi connectivity index (χ1n) is 13.1. The fourth-order valence-corrected chi connectivity index (χ4v) is 5.09. The van der Waals surface area contributed by atoms with Gasteiger partial charge >= 0.3 is 0 Å². The summed E-state index contributed by atoms with van der Waals surface area (Å²) in [5.41, 5.74) is 4.63. The van der Waals surface area contributed by atoms with Crippen LogP contribution < -0.4 is 14.2 Å². The summed E-state index contributed by atoms with van der Waals surface area (Å²) in [6.45, 7) is 2.00. The minimum Gasteiger partial charge on any atom is -0.493 e. The molecule has 0 fully saturated rings. The number of rotatable bonds is 8. The first-order valence-corrected chi connectivity index (χ1v) is 13.1. The van der Waals surface area contributed by atoms with Crippen molar-refractivity contribution in [2.45, 2.75) is 19.4 Å². The molecule has 0 saturated heterocycles. The molecule has 42 heavy (non-hydrogen) atoms. The van der Waals surface area contributed by atoms with E-state index in [4.69, 9.17) is 33.5 Å². The lowest BCUT2D eigenvalue weighted by Gasteiger charge is -2.24. The Labute approximate surface area is 239 Å². The van der Waals surface area contributed by atoms with Gasteiger partial charge in [0, 0.05) is 5.56 Å². The molecule has 0 amide bonds. The van der Waals surface area contributed by atoms with E-state index in [0.717, 1.165) is 28.1 Å². The fourth-order valence-electron chi connectivity index (χ4n) is 5.09. The van der Waals surface area contributed by atoms with Crippen LogP contribution in [-0.4, -0.2) is 49.8 Å². The number of oxime groups is 1. The topological polar surface area (TPSA) is 123 Å². The molecule has 1 atom stereocenters. The average Bonchev–Trinajstić information content (AvgIpc) is 3.78. The van der Waals surface area contributed by atoms with Crippen molar-refractivity contribution in [1.82, 2.24) is 29.4 Å². The molecule has 210 valence electrons. The SMILES string of the molecule is COc1ccc(/C=N\OCc2nc3c4c(ncn3n2)Oc2c(c(C)nn2-c2ccccc2)[C@H]4c2ccco2)cc1OC. The van der Waals surface area contributed by atoms with Crippen molar-refractivity contribution in [3.63, 3.8) is 0 Å². The van der Waals surface area contributed by atoms with Gasteiger partial charge in [-0.2, -0.15) is 5.10 Å². The molecule has 4 aromatic heterocycles. The zero-order valence-corrected chi connectivity index (χ0v) is 23.0. The monoisotopic (exact) mass is 563 g/mol. The Hall–Kier alpha value is -5.65. The molecule has 0 radical (unpaired) electrons. The molecule has 5 heterocycles. The average molecular weight is 564 g/mol. The molecule has 0 spiro atoms. The fraction of sp³-hybridized carbons (Fsp3) is 0.167. The molecule has 6 aromatic rings. The van der Waals surface area contributed by atoms with E-state index in [0.29, 0.717) is 40.5 Å². The van der Waals surface area contributed by atoms with Crippen LogP contribution in [-0.2, 0) is 11.4 Å². The predicted molar refractivity (Wildman–Crippen MR) is 151 cm³/mol. The maximum atomic E-state index is 6.41. The summed E-state index contributed by atoms with van der Waals surface area (Å²) in [4.78, 5) is 14.9. The van der Waals surface area contributed by atoms with Crippen LogP contribution >= 0.6 is 0 Å². The Balaban J connectivity index is 1.22. The van der Waals surface area contributed by atoms with Crippen LogP contribution in [0.3, 0.4) is 0 Å². The highest BCUT2D eigenvalue weighted by Crippen LogP contribution is 2.49. The zero-order valence-electron chi connectivity index (χ0n) is 23.0. The summed E-state index contributed by atoms with van der Waals surface area (Å²) in [6, 6.07) is 19.1. The summed E-state index contributed by atoms with van der Waals surface area (Å²) in [7, 11) is 3.17. The van der Waals surface area contributed by atoms with Crippen LogP contribution in [0, 0.1) is 6.92 Å². The molecular weight excluding hydrogens is 538 g/mol. The van der Waals surface area contributed by atoms with E-state index in [1.165, 1.54) is 0 Å². The van der Waals surface area contributed by atoms with Gasteiger partial charge < -0.3 is 23.5 Å². The van der Waals surface area contributed by atoms with Crippen LogP contribution in [0.25, 0.3) is 11.3 Å². The predicted octanol–water partition coefficient (Wildman–Crippen LogP) is 5.07. The van der Waals surface area contributed by atoms with Crippen LogP contribution in [0.15, 0.2) is 82.8 Å². The number of benzene rings is 2. The summed E-state index contributed by atoms with van der Waals surface area (Å²) in [6.07, 6.45) is 4.79. The normalized spacial score (nSPS) is 14.0. The highest BCUT2D eigenvalue weighted by Gasteiger charge is 2.39. The van der Waals surface area contributed by atoms with Crippen molar-refractivity contribution in [3.05, 3.63) is 107 Å². The van der Waals surface area contributed by atoms with Gasteiger partial charge in [-0.15, -0.1) is 5.10 Å². The Kier molecular flexibility index (Phi) is 6.27. The molecule has 0 aliphatic carbocycles. The van der Waals surface area contributed by atoms with Crippen molar-refractivity contribution in [3.8, 4) is 28.9 Å². The number of furan rings is 1. The molecule has 0 unspecified atom stereocenters. The lowest BCUT2D eigenvalue weighted by molar-refractivity contribution is 0.126. The summed E-state index contributed by atoms with van der Waals surface area (Å²) in [5, 5.41) is 13.5. The van der Waals surface area contributed by atoms with E-state index in [9.17, 15) is 0 Å². The number of aromatic nitrogens is 6. The number of fused-ring (bicyclic) bond motifs is 4. The van der Waals surface area contributed by atoms with Gasteiger partial charge in [-0.1, -0.05) is 23.4 Å². The third kappa shape index (κ3) is 4.29. The number of para-hydroxylation sites is 1. The number of ether oxygens (including phenoxy) is 3. The molecule has 0 N–H and O–H groups in total. The van der Waals surface area contributed by atoms with Crippen LogP contribution in [0.2, 0.25) is 0 Å². The molecule has 1 aliphatic heterocycles. The van der Waals surface area contributed by atoms with Crippen molar-refractivity contribution >= 4 is 11.9 Å². The van der Waals surface area contributed by atoms with Gasteiger partial charge in [-0.05, 0) is 49.4 Å². The quantitative estimate of drug-likeness (QED) is 0.184. The van der Waals surface area contributed by atoms with Crippen molar-refractivity contribution in [2.24, 2.45) is 5.16 Å². The number of aryl methyl sites for hydroxylation is 1. The van der Waals surface area contributed by atoms with Gasteiger partial charge in [0.25, 0.3) is 0 Å². The van der Waals surface area contributed by atoms with Crippen LogP contribution in [0.4, 0.5) is 0 Å². The summed E-state index contributed by atoms with van der Waals surface area (Å²) < 4.78 is 26.3. The molecule has 1 aliphatic rings. The van der Waals surface area contributed by atoms with Crippen molar-refractivity contribution in [1.29, 1.82) is 0 Å². The Morgan fingerprint density at radius 2 is 1.83 bits per heavy atom. The number of hydrogen-bond donors (Lipinski definition) is 0. The maximum Gasteiger partial charge on any atom is 0.230 e. The first kappa shape index (κ1) is 25.3. The van der Waals surface area contributed by atoms with Crippen LogP contribution in [0.5, 0.6) is 23.3 Å². The second-order valence-electron chi connectivity index (χ2n) is 9.48. The standard InChI is InChI=1S/C30H25N7O5/c1-18-25-26(22-10-7-13-40-22)27-28-33-24(16-41-32-15-19-11-12-21(38-2)23(14-19)39-3)35-36(28)17-31-29(27)42-30(25)37(34-18)20-8-5-4-6-9-20/h4-15,17,26H,16H2,1-3H3/b32-15-/t26-/m1/s1. The van der Waals surface area contributed by atoms with E-state index in [1.807, 2.05) is 55.5 Å². The van der Waals surface area contributed by atoms with Gasteiger partial charge in [-0.3, -0.25) is 0 Å². The number of nitrogens with zero attached hydrogens (tertiary/aromatic N) is 7. The largest absolute Gasteiger partial charge is 0.493 e. The van der Waals surface area contributed by atoms with E-state index in [2.05, 4.69) is 15.2 Å². The maximum absolute atomic E-state index is 6.41. The van der Waals surface area contributed by atoms with Gasteiger partial charge in [-0.25, -0.2) is 19.2 Å². The molecular formula is C30H25N7O5. The molecule has 12 nitrogen and oxygen atoms in total. The molecule has 7 rings (SSSR count). The molecule has 2 aromatic carbocycles. The lowest BCUT2D eigenvalue weighted by Crippen LogP contribution is -2.15. The highest BCUT2D eigenvalue weighted by molar-refractivity contribution is 5.80. The Morgan fingerprint density at radius 3 is 2.62 bits per heavy atom. The summed E-state index contributed by atoms with van der Waals surface area (Å²) in [5.74, 6) is 2.99. The van der Waals surface area contributed by atoms with Crippen molar-refractivity contribution < 1.29 is 23.5 Å². The van der Waals surface area contributed by atoms with E-state index in [-0.39, 0.29) is 12.5 Å². The Morgan fingerprint density at radius 1 is 0.976 bits per heavy atom. The second kappa shape index (κ2) is 10.4. The van der Waals surface area contributed by atoms with E-state index < -0.39 is 0 Å². The molecule has 0 bridgehead atoms. The molecule has 0 saturated carbocycles. The van der Waals surface area contributed by atoms with Gasteiger partial charge in [0.1, 0.15) is 12.1 Å². The lowest BCUT2D eigenvalue weighted by atomic mass is 9.88. The minimum absolute atomic E-state index is 0.0444. The highest BCUT2D eigenvalue weighted by atomic mass is 16.6. The van der Waals surface area contributed by atoms with Crippen LogP contribution in [0.1, 0.15) is 39.9 Å². The van der Waals surface area contributed by atoms with Gasteiger partial charge in [0.15, 0.2) is 29.6 Å². The van der Waals surface area contributed by atoms with E-state index >= 15 is 0 Å². The van der Waals surface area contributed by atoms with Gasteiger partial charge in [0.2, 0.25) is 11.8 Å². The number of methoxy groups -OCH3 is 2. The third-order valence-corrected chi connectivity index (χ3v) is 6.97. The van der Waals surface area contributed by atoms with Gasteiger partial charge in [0.05, 0.1) is 55.1 Å². The smallest absolute Gasteiger partial charge is 0.230 e. The second-order valence-corrected chi connectivity index (χ2v) is 9.48. The zero-order chi connectivity index (χ0) is 28.6. The number of hydrogen-bond acceptors (Lipinski definition) is 10. The summed E-state index contributed by atoms with van der Waals surface area (Å²) >= 11 is 0. The molecule has 12 heteroatoms. The minimum atomic E-state index is -0.367. The third-order valence-electron chi connectivity index (χ3n) is 6.97. The first-order chi connectivity index (χ1) is 20.6. The van der Waals surface area contributed by atoms with Crippen molar-refractivity contribution in [2.75, 3.05) is 14.2 Å². The van der Waals surface area contributed by atoms with E-state index in [1.54, 1.807) is 54.4 Å². The Bertz CT molecular complexity index is 1910.